The van der Waals surface area contributed by atoms with Gasteiger partial charge in [0.25, 0.3) is 5.56 Å². The van der Waals surface area contributed by atoms with Crippen LogP contribution in [0.1, 0.15) is 12.5 Å². The lowest BCUT2D eigenvalue weighted by atomic mass is 10.1. The van der Waals surface area contributed by atoms with Crippen molar-refractivity contribution in [2.24, 2.45) is 4.99 Å². The Morgan fingerprint density at radius 1 is 1.22 bits per heavy atom. The molecular formula is C19H15N5O3. The van der Waals surface area contributed by atoms with Crippen molar-refractivity contribution in [3.63, 3.8) is 0 Å². The van der Waals surface area contributed by atoms with Gasteiger partial charge in [0.05, 0.1) is 40.7 Å². The van der Waals surface area contributed by atoms with E-state index in [9.17, 15) is 9.59 Å². The van der Waals surface area contributed by atoms with Crippen LogP contribution in [-0.4, -0.2) is 32.7 Å². The fraction of sp³-hybridized carbons (Fsp3) is 0.105. The van der Waals surface area contributed by atoms with Gasteiger partial charge >= 0.3 is 5.97 Å². The Hall–Kier alpha value is -3.81. The van der Waals surface area contributed by atoms with Crippen molar-refractivity contribution >= 4 is 17.6 Å². The number of nitrogens with one attached hydrogen (secondary N) is 2. The van der Waals surface area contributed by atoms with Gasteiger partial charge in [0.2, 0.25) is 0 Å². The summed E-state index contributed by atoms with van der Waals surface area (Å²) in [6, 6.07) is 7.27. The summed E-state index contributed by atoms with van der Waals surface area (Å²) in [4.78, 5) is 37.6. The predicted octanol–water partition coefficient (Wildman–Crippen LogP) is 0.548. The molecule has 1 aliphatic rings. The third-order valence-electron chi connectivity index (χ3n) is 4.07. The smallest absolute Gasteiger partial charge is 0.341 e. The zero-order valence-electron chi connectivity index (χ0n) is 14.4. The van der Waals surface area contributed by atoms with Crippen LogP contribution in [0.4, 0.5) is 0 Å². The van der Waals surface area contributed by atoms with Gasteiger partial charge in [-0.25, -0.2) is 9.79 Å². The molecule has 3 heterocycles. The maximum Gasteiger partial charge on any atom is 0.341 e. The molecule has 0 spiro atoms. The second-order valence-electron chi connectivity index (χ2n) is 5.71. The molecule has 0 fully saturated rings. The standard InChI is InChI=1S/C19H15N5O3/c1-2-27-19(26)16-11-5-3-4-6-13(11)22-14(16)9-12-17(23-24-18(12)25)15-10-20-7-8-21-15/h3-10H,2H2,1H3,(H2,23,24,25)/b14-9+. The maximum absolute atomic E-state index is 12.5. The van der Waals surface area contributed by atoms with Crippen molar-refractivity contribution in [3.8, 4) is 11.4 Å². The Morgan fingerprint density at radius 2 is 2.07 bits per heavy atom. The van der Waals surface area contributed by atoms with E-state index in [4.69, 9.17) is 4.74 Å². The number of para-hydroxylation sites is 1. The third-order valence-corrected chi connectivity index (χ3v) is 4.07. The molecule has 3 aromatic rings. The Labute approximate surface area is 153 Å². The first-order chi connectivity index (χ1) is 13.2. The zero-order chi connectivity index (χ0) is 18.8. The topological polar surface area (TPSA) is 113 Å². The minimum atomic E-state index is -0.481. The van der Waals surface area contributed by atoms with Crippen molar-refractivity contribution < 1.29 is 9.53 Å². The lowest BCUT2D eigenvalue weighted by Crippen LogP contribution is -2.25. The van der Waals surface area contributed by atoms with E-state index in [-0.39, 0.29) is 12.2 Å². The first kappa shape index (κ1) is 16.6. The van der Waals surface area contributed by atoms with Crippen LogP contribution in [0.5, 0.6) is 0 Å². The molecular weight excluding hydrogens is 346 g/mol. The van der Waals surface area contributed by atoms with Gasteiger partial charge in [0.15, 0.2) is 0 Å². The summed E-state index contributed by atoms with van der Waals surface area (Å²) in [5, 5.41) is 6.67. The fourth-order valence-corrected chi connectivity index (χ4v) is 2.90. The second-order valence-corrected chi connectivity index (χ2v) is 5.71. The average molecular weight is 361 g/mol. The molecule has 1 aliphatic heterocycles. The fourth-order valence-electron chi connectivity index (χ4n) is 2.90. The number of ether oxygens (including phenoxy) is 1. The van der Waals surface area contributed by atoms with Crippen molar-refractivity contribution in [2.75, 3.05) is 6.61 Å². The van der Waals surface area contributed by atoms with Gasteiger partial charge in [0, 0.05) is 17.6 Å². The number of rotatable bonds is 4. The minimum absolute atomic E-state index is 0.243. The maximum atomic E-state index is 12.5. The molecule has 0 amide bonds. The van der Waals surface area contributed by atoms with Crippen LogP contribution >= 0.6 is 0 Å². The number of carbonyl (C=O) groups is 1. The number of nitrogens with zero attached hydrogens (tertiary/aromatic N) is 3. The van der Waals surface area contributed by atoms with Crippen LogP contribution in [0, 0.1) is 0 Å². The zero-order valence-corrected chi connectivity index (χ0v) is 14.4. The second kappa shape index (κ2) is 6.83. The summed E-state index contributed by atoms with van der Waals surface area (Å²) in [5.74, 6) is -0.481. The highest BCUT2D eigenvalue weighted by Crippen LogP contribution is 2.23. The molecule has 134 valence electrons. The third kappa shape index (κ3) is 2.97. The van der Waals surface area contributed by atoms with Crippen molar-refractivity contribution in [3.05, 3.63) is 75.0 Å². The van der Waals surface area contributed by atoms with E-state index in [1.807, 2.05) is 12.1 Å². The van der Waals surface area contributed by atoms with E-state index in [2.05, 4.69) is 25.2 Å². The predicted molar refractivity (Wildman–Crippen MR) is 97.7 cm³/mol. The monoisotopic (exact) mass is 361 g/mol. The quantitative estimate of drug-likeness (QED) is 0.659. The van der Waals surface area contributed by atoms with Crippen LogP contribution in [0.3, 0.4) is 0 Å². The molecule has 0 aliphatic carbocycles. The van der Waals surface area contributed by atoms with E-state index < -0.39 is 5.97 Å². The molecule has 0 saturated heterocycles. The summed E-state index contributed by atoms with van der Waals surface area (Å²) in [6.07, 6.45) is 6.18. The van der Waals surface area contributed by atoms with E-state index >= 15 is 0 Å². The molecule has 4 rings (SSSR count). The molecule has 8 heteroatoms. The van der Waals surface area contributed by atoms with Crippen molar-refractivity contribution in [1.29, 1.82) is 0 Å². The first-order valence-electron chi connectivity index (χ1n) is 8.33. The SMILES string of the molecule is CCOC(=O)C1=c2ccccc2=N/C1=C/c1c(-c2cnccn2)[nH][nH]c1=O. The molecule has 0 radical (unpaired) electrons. The van der Waals surface area contributed by atoms with Crippen LogP contribution < -0.4 is 16.1 Å². The van der Waals surface area contributed by atoms with Gasteiger partial charge in [-0.1, -0.05) is 18.2 Å². The molecule has 2 aromatic heterocycles. The summed E-state index contributed by atoms with van der Waals surface area (Å²) < 4.78 is 5.18. The highest BCUT2D eigenvalue weighted by Gasteiger charge is 2.23. The lowest BCUT2D eigenvalue weighted by molar-refractivity contribution is -0.136. The summed E-state index contributed by atoms with van der Waals surface area (Å²) in [5.41, 5.74) is 1.62. The van der Waals surface area contributed by atoms with E-state index in [0.29, 0.717) is 38.8 Å². The minimum Gasteiger partial charge on any atom is -0.462 e. The molecule has 0 unspecified atom stereocenters. The van der Waals surface area contributed by atoms with Gasteiger partial charge < -0.3 is 4.74 Å². The normalized spacial score (nSPS) is 14.1. The molecule has 2 N–H and O–H groups in total. The first-order valence-corrected chi connectivity index (χ1v) is 8.33. The van der Waals surface area contributed by atoms with E-state index in [0.717, 1.165) is 0 Å². The Morgan fingerprint density at radius 3 is 2.85 bits per heavy atom. The Kier molecular flexibility index (Phi) is 4.21. The largest absolute Gasteiger partial charge is 0.462 e. The summed E-state index contributed by atoms with van der Waals surface area (Å²) in [7, 11) is 0. The van der Waals surface area contributed by atoms with Crippen LogP contribution in [0.2, 0.25) is 0 Å². The number of hydrogen-bond acceptors (Lipinski definition) is 6. The number of H-pyrrole nitrogens is 2. The molecule has 0 atom stereocenters. The number of esters is 1. The number of benzene rings is 1. The highest BCUT2D eigenvalue weighted by molar-refractivity contribution is 6.17. The number of aromatic amines is 2. The number of fused-ring (bicyclic) bond motifs is 1. The molecule has 0 bridgehead atoms. The average Bonchev–Trinajstić information content (AvgIpc) is 3.23. The molecule has 27 heavy (non-hydrogen) atoms. The molecule has 8 nitrogen and oxygen atoms in total. The Balaban J connectivity index is 1.91. The molecule has 1 aromatic carbocycles. The van der Waals surface area contributed by atoms with Gasteiger partial charge in [0.1, 0.15) is 5.69 Å². The number of hydrogen-bond donors (Lipinski definition) is 2. The van der Waals surface area contributed by atoms with Gasteiger partial charge in [-0.15, -0.1) is 0 Å². The summed E-state index contributed by atoms with van der Waals surface area (Å²) >= 11 is 0. The van der Waals surface area contributed by atoms with Crippen molar-refractivity contribution in [2.45, 2.75) is 6.92 Å². The molecule has 0 saturated carbocycles. The van der Waals surface area contributed by atoms with E-state index in [1.54, 1.807) is 31.3 Å². The lowest BCUT2D eigenvalue weighted by Gasteiger charge is -2.04. The van der Waals surface area contributed by atoms with Gasteiger partial charge in [-0.05, 0) is 19.1 Å². The van der Waals surface area contributed by atoms with Gasteiger partial charge in [-0.2, -0.15) is 0 Å². The van der Waals surface area contributed by atoms with Crippen LogP contribution in [0.15, 0.2) is 58.3 Å². The van der Waals surface area contributed by atoms with Gasteiger partial charge in [-0.3, -0.25) is 25.0 Å². The van der Waals surface area contributed by atoms with E-state index in [1.165, 1.54) is 12.4 Å². The number of aromatic nitrogens is 4. The highest BCUT2D eigenvalue weighted by atomic mass is 16.5. The van der Waals surface area contributed by atoms with Crippen molar-refractivity contribution in [1.82, 2.24) is 20.2 Å². The number of carbonyl (C=O) groups excluding carboxylic acids is 1. The summed E-state index contributed by atoms with van der Waals surface area (Å²) in [6.45, 7) is 1.98. The Bertz CT molecular complexity index is 1220. The van der Waals surface area contributed by atoms with Crippen LogP contribution in [-0.2, 0) is 9.53 Å². The van der Waals surface area contributed by atoms with Crippen LogP contribution in [0.25, 0.3) is 23.0 Å².